The molecule has 0 atom stereocenters. The van der Waals surface area contributed by atoms with Crippen LogP contribution >= 0.6 is 31.9 Å². The fourth-order valence-corrected chi connectivity index (χ4v) is 5.44. The zero-order chi connectivity index (χ0) is 29.5. The molecular weight excluding hydrogens is 657 g/mol. The number of hydrogen-bond donors (Lipinski definition) is 0. The molecule has 0 unspecified atom stereocenters. The molecule has 0 bridgehead atoms. The number of para-hydroxylation sites is 1. The molecule has 7 rings (SSSR count). The molecule has 1 fully saturated rings. The lowest BCUT2D eigenvalue weighted by molar-refractivity contribution is 0.00578. The minimum Gasteiger partial charge on any atom is -0.453 e. The summed E-state index contributed by atoms with van der Waals surface area (Å²) in [6.45, 7) is 8.22. The van der Waals surface area contributed by atoms with E-state index in [4.69, 9.17) is 18.7 Å². The summed E-state index contributed by atoms with van der Waals surface area (Å²) in [6, 6.07) is 28.1. The lowest BCUT2D eigenvalue weighted by Gasteiger charge is -2.32. The summed E-state index contributed by atoms with van der Waals surface area (Å²) in [5.74, 6) is 0.666. The van der Waals surface area contributed by atoms with E-state index in [1.165, 1.54) is 5.56 Å². The van der Waals surface area contributed by atoms with Gasteiger partial charge < -0.3 is 13.7 Å². The average molecular weight is 685 g/mol. The third kappa shape index (κ3) is 5.66. The lowest BCUT2D eigenvalue weighted by atomic mass is 9.79. The Bertz CT molecular complexity index is 1860. The van der Waals surface area contributed by atoms with Gasteiger partial charge in [0, 0.05) is 27.2 Å². The smallest absolute Gasteiger partial charge is 0.453 e. The van der Waals surface area contributed by atoms with Crippen LogP contribution in [0.3, 0.4) is 0 Å². The molecule has 0 radical (unpaired) electrons. The van der Waals surface area contributed by atoms with Gasteiger partial charge in [0.15, 0.2) is 11.4 Å². The highest BCUT2D eigenvalue weighted by molar-refractivity contribution is 9.11. The van der Waals surface area contributed by atoms with Crippen molar-refractivity contribution in [3.63, 3.8) is 0 Å². The molecule has 42 heavy (non-hydrogen) atoms. The van der Waals surface area contributed by atoms with Crippen molar-refractivity contribution in [2.45, 2.75) is 38.9 Å². The highest BCUT2D eigenvalue weighted by Gasteiger charge is 2.51. The summed E-state index contributed by atoms with van der Waals surface area (Å²) < 4.78 is 19.9. The van der Waals surface area contributed by atoms with E-state index in [2.05, 4.69) is 81.7 Å². The molecule has 0 amide bonds. The number of rotatable bonds is 3. The standard InChI is InChI=1S/C22H21BN2O3.C11H7Br2N/c1-21(2)22(3,4)28-23(27-21)15-11-9-14(10-12-15)20-24-13-18-19(25-20)16-7-5-6-8-17(16)26-18;12-10-7-14-11(13)6-9(10)8-4-2-1-3-5-8/h5-13H,1-4H3;1-7H. The normalized spacial score (nSPS) is 15.5. The Morgan fingerprint density at radius 2 is 1.36 bits per heavy atom. The monoisotopic (exact) mass is 683 g/mol. The number of aromatic nitrogens is 3. The van der Waals surface area contributed by atoms with Gasteiger partial charge in [-0.2, -0.15) is 0 Å². The molecule has 210 valence electrons. The van der Waals surface area contributed by atoms with E-state index in [1.807, 2.05) is 72.8 Å². The van der Waals surface area contributed by atoms with Crippen LogP contribution in [0.2, 0.25) is 0 Å². The third-order valence-electron chi connectivity index (χ3n) is 7.72. The van der Waals surface area contributed by atoms with Gasteiger partial charge in [-0.1, -0.05) is 66.7 Å². The zero-order valence-electron chi connectivity index (χ0n) is 23.6. The molecule has 1 aliphatic rings. The Balaban J connectivity index is 0.000000189. The van der Waals surface area contributed by atoms with Gasteiger partial charge in [0.2, 0.25) is 0 Å². The lowest BCUT2D eigenvalue weighted by Crippen LogP contribution is -2.41. The Labute approximate surface area is 261 Å². The average Bonchev–Trinajstić information content (AvgIpc) is 3.47. The van der Waals surface area contributed by atoms with Crippen LogP contribution in [0.25, 0.3) is 44.6 Å². The summed E-state index contributed by atoms with van der Waals surface area (Å²) in [7, 11) is -0.375. The van der Waals surface area contributed by atoms with Crippen LogP contribution in [-0.4, -0.2) is 33.3 Å². The predicted molar refractivity (Wildman–Crippen MR) is 176 cm³/mol. The van der Waals surface area contributed by atoms with Gasteiger partial charge in [-0.25, -0.2) is 15.0 Å². The Kier molecular flexibility index (Phi) is 7.78. The Morgan fingerprint density at radius 3 is 2.07 bits per heavy atom. The number of furan rings is 1. The molecule has 0 aliphatic carbocycles. The molecule has 0 N–H and O–H groups in total. The maximum atomic E-state index is 6.13. The quantitative estimate of drug-likeness (QED) is 0.137. The van der Waals surface area contributed by atoms with E-state index in [0.29, 0.717) is 11.4 Å². The summed E-state index contributed by atoms with van der Waals surface area (Å²) in [5, 5.41) is 0.995. The number of halogens is 2. The van der Waals surface area contributed by atoms with E-state index in [-0.39, 0.29) is 18.3 Å². The van der Waals surface area contributed by atoms with Gasteiger partial charge >= 0.3 is 7.12 Å². The topological polar surface area (TPSA) is 70.3 Å². The van der Waals surface area contributed by atoms with E-state index in [0.717, 1.165) is 42.2 Å². The maximum Gasteiger partial charge on any atom is 0.494 e. The molecule has 0 spiro atoms. The van der Waals surface area contributed by atoms with Crippen LogP contribution < -0.4 is 5.46 Å². The van der Waals surface area contributed by atoms with Crippen LogP contribution in [0.4, 0.5) is 0 Å². The molecule has 3 aromatic carbocycles. The first-order valence-corrected chi connectivity index (χ1v) is 15.2. The van der Waals surface area contributed by atoms with E-state index >= 15 is 0 Å². The second kappa shape index (κ2) is 11.4. The molecule has 4 heterocycles. The second-order valence-corrected chi connectivity index (χ2v) is 12.7. The van der Waals surface area contributed by atoms with Crippen LogP contribution in [0.1, 0.15) is 27.7 Å². The first-order chi connectivity index (χ1) is 20.1. The zero-order valence-corrected chi connectivity index (χ0v) is 26.8. The van der Waals surface area contributed by atoms with Crippen molar-refractivity contribution in [3.05, 3.63) is 106 Å². The summed E-state index contributed by atoms with van der Waals surface area (Å²) in [6.07, 6.45) is 3.53. The SMILES string of the molecule is Brc1cc(-c2ccccc2)c(Br)cn1.CC1(C)OB(c2ccc(-c3ncc4oc5ccccc5c4n3)cc2)OC1(C)C. The van der Waals surface area contributed by atoms with Crippen LogP contribution in [0, 0.1) is 0 Å². The van der Waals surface area contributed by atoms with Crippen molar-refractivity contribution in [1.29, 1.82) is 0 Å². The number of pyridine rings is 1. The van der Waals surface area contributed by atoms with Crippen molar-refractivity contribution < 1.29 is 13.7 Å². The Morgan fingerprint density at radius 1 is 0.690 bits per heavy atom. The second-order valence-electron chi connectivity index (χ2n) is 11.1. The molecule has 9 heteroatoms. The summed E-state index contributed by atoms with van der Waals surface area (Å²) >= 11 is 6.85. The number of benzene rings is 3. The van der Waals surface area contributed by atoms with Gasteiger partial charge in [0.25, 0.3) is 0 Å². The number of fused-ring (bicyclic) bond motifs is 3. The van der Waals surface area contributed by atoms with Crippen molar-refractivity contribution in [3.8, 4) is 22.5 Å². The predicted octanol–water partition coefficient (Wildman–Crippen LogP) is 8.62. The van der Waals surface area contributed by atoms with Gasteiger partial charge in [-0.05, 0) is 88.8 Å². The molecular formula is C33H28BBr2N3O3. The van der Waals surface area contributed by atoms with Crippen molar-refractivity contribution >= 4 is 66.5 Å². The molecule has 0 saturated carbocycles. The first-order valence-electron chi connectivity index (χ1n) is 13.6. The summed E-state index contributed by atoms with van der Waals surface area (Å²) in [5.41, 5.74) is 5.88. The maximum absolute atomic E-state index is 6.13. The van der Waals surface area contributed by atoms with Gasteiger partial charge in [-0.15, -0.1) is 0 Å². The molecule has 6 nitrogen and oxygen atoms in total. The van der Waals surface area contributed by atoms with Crippen molar-refractivity contribution in [2.75, 3.05) is 0 Å². The number of hydrogen-bond acceptors (Lipinski definition) is 6. The van der Waals surface area contributed by atoms with Crippen LogP contribution in [0.5, 0.6) is 0 Å². The molecule has 1 aliphatic heterocycles. The number of nitrogens with zero attached hydrogens (tertiary/aromatic N) is 3. The largest absolute Gasteiger partial charge is 0.494 e. The van der Waals surface area contributed by atoms with Crippen LogP contribution in [-0.2, 0) is 9.31 Å². The van der Waals surface area contributed by atoms with E-state index < -0.39 is 0 Å². The first kappa shape index (κ1) is 28.7. The van der Waals surface area contributed by atoms with Gasteiger partial charge in [0.1, 0.15) is 15.7 Å². The highest BCUT2D eigenvalue weighted by Crippen LogP contribution is 2.36. The third-order valence-corrected chi connectivity index (χ3v) is 8.78. The van der Waals surface area contributed by atoms with Crippen molar-refractivity contribution in [2.24, 2.45) is 0 Å². The van der Waals surface area contributed by atoms with E-state index in [9.17, 15) is 0 Å². The molecule has 6 aromatic rings. The van der Waals surface area contributed by atoms with Gasteiger partial charge in [-0.3, -0.25) is 0 Å². The Hall–Kier alpha value is -3.37. The molecule has 3 aromatic heterocycles. The van der Waals surface area contributed by atoms with Gasteiger partial charge in [0.05, 0.1) is 17.4 Å². The summed E-state index contributed by atoms with van der Waals surface area (Å²) in [4.78, 5) is 13.4. The fraction of sp³-hybridized carbons (Fsp3) is 0.182. The van der Waals surface area contributed by atoms with Crippen molar-refractivity contribution in [1.82, 2.24) is 15.0 Å². The van der Waals surface area contributed by atoms with E-state index in [1.54, 1.807) is 12.4 Å². The minimum absolute atomic E-state index is 0.354. The highest BCUT2D eigenvalue weighted by atomic mass is 79.9. The fourth-order valence-electron chi connectivity index (χ4n) is 4.67. The minimum atomic E-state index is -0.375. The van der Waals surface area contributed by atoms with Crippen LogP contribution in [0.15, 0.2) is 111 Å². The molecule has 1 saturated heterocycles.